The molecule has 0 aliphatic heterocycles. The van der Waals surface area contributed by atoms with E-state index < -0.39 is 5.41 Å². The number of nitrogens with zero attached hydrogens (tertiary/aromatic N) is 1. The van der Waals surface area contributed by atoms with E-state index in [1.807, 2.05) is 27.7 Å². The standard InChI is InChI=1S/C12H21NO2/c1-6-8-13(11(15)7-2)9-10(14)12(3,4)5/h6,8H,7,9H2,1-5H3/b8-6+. The van der Waals surface area contributed by atoms with Gasteiger partial charge >= 0.3 is 0 Å². The first-order valence-electron chi connectivity index (χ1n) is 5.28. The van der Waals surface area contributed by atoms with Gasteiger partial charge in [0.15, 0.2) is 5.78 Å². The minimum absolute atomic E-state index is 0.0225. The van der Waals surface area contributed by atoms with Crippen molar-refractivity contribution in [2.24, 2.45) is 5.41 Å². The average molecular weight is 211 g/mol. The second kappa shape index (κ2) is 5.69. The molecule has 0 atom stereocenters. The molecule has 3 heteroatoms. The summed E-state index contributed by atoms with van der Waals surface area (Å²) in [5.74, 6) is 0.0492. The molecular weight excluding hydrogens is 190 g/mol. The van der Waals surface area contributed by atoms with Crippen molar-refractivity contribution in [3.8, 4) is 0 Å². The Kier molecular flexibility index (Phi) is 5.26. The van der Waals surface area contributed by atoms with E-state index in [9.17, 15) is 9.59 Å². The Balaban J connectivity index is 4.56. The highest BCUT2D eigenvalue weighted by atomic mass is 16.2. The molecule has 0 aliphatic rings. The fourth-order valence-corrected chi connectivity index (χ4v) is 0.999. The van der Waals surface area contributed by atoms with Crippen LogP contribution < -0.4 is 0 Å². The third-order valence-corrected chi connectivity index (χ3v) is 2.10. The van der Waals surface area contributed by atoms with Crippen LogP contribution in [0.3, 0.4) is 0 Å². The topological polar surface area (TPSA) is 37.4 Å². The van der Waals surface area contributed by atoms with E-state index in [0.29, 0.717) is 6.42 Å². The lowest BCUT2D eigenvalue weighted by atomic mass is 9.90. The molecule has 0 saturated heterocycles. The Morgan fingerprint density at radius 1 is 1.27 bits per heavy atom. The zero-order valence-electron chi connectivity index (χ0n) is 10.3. The summed E-state index contributed by atoms with van der Waals surface area (Å²) in [7, 11) is 0. The van der Waals surface area contributed by atoms with Crippen LogP contribution in [-0.2, 0) is 9.59 Å². The van der Waals surface area contributed by atoms with Gasteiger partial charge in [0.05, 0.1) is 6.54 Å². The highest BCUT2D eigenvalue weighted by Gasteiger charge is 2.24. The lowest BCUT2D eigenvalue weighted by Crippen LogP contribution is -2.36. The molecule has 0 spiro atoms. The van der Waals surface area contributed by atoms with Gasteiger partial charge in [-0.3, -0.25) is 9.59 Å². The van der Waals surface area contributed by atoms with E-state index in [1.54, 1.807) is 19.2 Å². The van der Waals surface area contributed by atoms with Crippen molar-refractivity contribution in [2.45, 2.75) is 41.0 Å². The molecule has 0 aromatic heterocycles. The largest absolute Gasteiger partial charge is 0.312 e. The Hall–Kier alpha value is -1.12. The SMILES string of the molecule is C/C=C/N(CC(=O)C(C)(C)C)C(=O)CC. The summed E-state index contributed by atoms with van der Waals surface area (Å²) in [6, 6.07) is 0. The fourth-order valence-electron chi connectivity index (χ4n) is 0.999. The molecule has 0 aromatic rings. The monoisotopic (exact) mass is 211 g/mol. The molecule has 0 aromatic carbocycles. The number of rotatable bonds is 4. The number of Topliss-reactive ketones (excluding diaryl/α,β-unsaturated/α-hetero) is 1. The summed E-state index contributed by atoms with van der Waals surface area (Å²) in [5.41, 5.74) is -0.395. The summed E-state index contributed by atoms with van der Waals surface area (Å²) < 4.78 is 0. The number of hydrogen-bond acceptors (Lipinski definition) is 2. The molecule has 0 unspecified atom stereocenters. The Labute approximate surface area is 92.1 Å². The lowest BCUT2D eigenvalue weighted by Gasteiger charge is -2.22. The predicted molar refractivity (Wildman–Crippen MR) is 61.3 cm³/mol. The summed E-state index contributed by atoms with van der Waals surface area (Å²) in [4.78, 5) is 24.7. The van der Waals surface area contributed by atoms with Gasteiger partial charge in [0, 0.05) is 18.0 Å². The first kappa shape index (κ1) is 13.9. The molecule has 0 fully saturated rings. The number of ketones is 1. The highest BCUT2D eigenvalue weighted by Crippen LogP contribution is 2.15. The Bertz CT molecular complexity index is 261. The van der Waals surface area contributed by atoms with Crippen LogP contribution in [0.4, 0.5) is 0 Å². The molecule has 1 amide bonds. The minimum Gasteiger partial charge on any atom is -0.312 e. The second-order valence-corrected chi connectivity index (χ2v) is 4.53. The van der Waals surface area contributed by atoms with Gasteiger partial charge in [0.2, 0.25) is 5.91 Å². The lowest BCUT2D eigenvalue weighted by molar-refractivity contribution is -0.135. The van der Waals surface area contributed by atoms with Gasteiger partial charge in [-0.05, 0) is 6.92 Å². The molecule has 0 aliphatic carbocycles. The number of carbonyl (C=O) groups excluding carboxylic acids is 2. The highest BCUT2D eigenvalue weighted by molar-refractivity contribution is 5.89. The van der Waals surface area contributed by atoms with Crippen LogP contribution in [-0.4, -0.2) is 23.1 Å². The maximum atomic E-state index is 11.7. The van der Waals surface area contributed by atoms with Crippen LogP contribution in [0, 0.1) is 5.41 Å². The average Bonchev–Trinajstić information content (AvgIpc) is 2.14. The molecule has 86 valence electrons. The molecule has 0 heterocycles. The molecule has 0 N–H and O–H groups in total. The van der Waals surface area contributed by atoms with Crippen molar-refractivity contribution < 1.29 is 9.59 Å². The first-order valence-corrected chi connectivity index (χ1v) is 5.28. The van der Waals surface area contributed by atoms with Crippen LogP contribution in [0.5, 0.6) is 0 Å². The third kappa shape index (κ3) is 4.77. The van der Waals surface area contributed by atoms with Crippen molar-refractivity contribution in [2.75, 3.05) is 6.54 Å². The van der Waals surface area contributed by atoms with E-state index in [0.717, 1.165) is 0 Å². The van der Waals surface area contributed by atoms with E-state index in [1.165, 1.54) is 4.90 Å². The van der Waals surface area contributed by atoms with Crippen LogP contribution in [0.25, 0.3) is 0 Å². The zero-order valence-corrected chi connectivity index (χ0v) is 10.3. The normalized spacial score (nSPS) is 11.8. The molecule has 0 bridgehead atoms. The van der Waals surface area contributed by atoms with E-state index in [-0.39, 0.29) is 18.2 Å². The quantitative estimate of drug-likeness (QED) is 0.716. The molecule has 3 nitrogen and oxygen atoms in total. The van der Waals surface area contributed by atoms with Crippen molar-refractivity contribution in [1.29, 1.82) is 0 Å². The number of hydrogen-bond donors (Lipinski definition) is 0. The van der Waals surface area contributed by atoms with E-state index >= 15 is 0 Å². The maximum Gasteiger partial charge on any atom is 0.226 e. The van der Waals surface area contributed by atoms with E-state index in [4.69, 9.17) is 0 Å². The predicted octanol–water partition coefficient (Wildman–Crippen LogP) is 2.37. The second-order valence-electron chi connectivity index (χ2n) is 4.53. The molecule has 0 radical (unpaired) electrons. The number of amides is 1. The van der Waals surface area contributed by atoms with Crippen molar-refractivity contribution >= 4 is 11.7 Å². The van der Waals surface area contributed by atoms with Crippen LogP contribution in [0.1, 0.15) is 41.0 Å². The van der Waals surface area contributed by atoms with Crippen LogP contribution in [0.15, 0.2) is 12.3 Å². The van der Waals surface area contributed by atoms with Crippen LogP contribution in [0.2, 0.25) is 0 Å². The van der Waals surface area contributed by atoms with Gasteiger partial charge < -0.3 is 4.90 Å². The third-order valence-electron chi connectivity index (χ3n) is 2.10. The maximum absolute atomic E-state index is 11.7. The molecule has 0 rings (SSSR count). The fraction of sp³-hybridized carbons (Fsp3) is 0.667. The van der Waals surface area contributed by atoms with Gasteiger partial charge in [-0.1, -0.05) is 33.8 Å². The van der Waals surface area contributed by atoms with Gasteiger partial charge in [-0.15, -0.1) is 0 Å². The number of allylic oxidation sites excluding steroid dienone is 1. The van der Waals surface area contributed by atoms with Gasteiger partial charge in [-0.2, -0.15) is 0 Å². The molecular formula is C12H21NO2. The van der Waals surface area contributed by atoms with Gasteiger partial charge in [-0.25, -0.2) is 0 Å². The van der Waals surface area contributed by atoms with Gasteiger partial charge in [0.25, 0.3) is 0 Å². The molecule has 15 heavy (non-hydrogen) atoms. The Morgan fingerprint density at radius 3 is 2.13 bits per heavy atom. The minimum atomic E-state index is -0.395. The molecule has 0 saturated carbocycles. The van der Waals surface area contributed by atoms with E-state index in [2.05, 4.69) is 0 Å². The zero-order chi connectivity index (χ0) is 12.1. The number of carbonyl (C=O) groups is 2. The van der Waals surface area contributed by atoms with Crippen molar-refractivity contribution in [1.82, 2.24) is 4.90 Å². The summed E-state index contributed by atoms with van der Waals surface area (Å²) >= 11 is 0. The smallest absolute Gasteiger partial charge is 0.226 e. The van der Waals surface area contributed by atoms with Gasteiger partial charge in [0.1, 0.15) is 0 Å². The summed E-state index contributed by atoms with van der Waals surface area (Å²) in [6.07, 6.45) is 3.85. The Morgan fingerprint density at radius 2 is 1.80 bits per heavy atom. The van der Waals surface area contributed by atoms with Crippen molar-refractivity contribution in [3.63, 3.8) is 0 Å². The van der Waals surface area contributed by atoms with Crippen molar-refractivity contribution in [3.05, 3.63) is 12.3 Å². The summed E-state index contributed by atoms with van der Waals surface area (Å²) in [5, 5.41) is 0. The first-order chi connectivity index (χ1) is 6.82. The summed E-state index contributed by atoms with van der Waals surface area (Å²) in [6.45, 7) is 9.37. The van der Waals surface area contributed by atoms with Crippen LogP contribution >= 0.6 is 0 Å².